The molecule has 27 nitrogen and oxygen atoms in total. The summed E-state index contributed by atoms with van der Waals surface area (Å²) in [4.78, 5) is 168. The third-order valence-corrected chi connectivity index (χ3v) is 16.6. The number of aliphatic carboxylic acids is 1. The van der Waals surface area contributed by atoms with Crippen LogP contribution in [0.15, 0.2) is 0 Å². The summed E-state index contributed by atoms with van der Waals surface area (Å²) in [6.45, 7) is 38.2. The van der Waals surface area contributed by atoms with Crippen molar-refractivity contribution < 1.29 is 72.1 Å². The fourth-order valence-electron chi connectivity index (χ4n) is 10.3. The number of hydrogen-bond donors (Lipinski definition) is 12. The number of nitrogens with zero attached hydrogens (tertiary/aromatic N) is 1. The molecule has 1 heterocycles. The molecule has 1 aliphatic rings. The molecular formula is C66H120N12O15. The molecule has 0 saturated carbocycles. The minimum atomic E-state index is -1.46. The third-order valence-electron chi connectivity index (χ3n) is 16.6. The maximum Gasteiger partial charge on any atom is 0.407 e. The molecule has 1 saturated heterocycles. The van der Waals surface area contributed by atoms with Crippen LogP contribution in [0.25, 0.3) is 0 Å². The van der Waals surface area contributed by atoms with Crippen molar-refractivity contribution in [2.24, 2.45) is 47.2 Å². The molecule has 0 radical (unpaired) electrons. The van der Waals surface area contributed by atoms with Crippen LogP contribution in [0.1, 0.15) is 210 Å². The average molecular weight is 1320 g/mol. The average Bonchev–Trinajstić information content (AvgIpc) is 1.84. The summed E-state index contributed by atoms with van der Waals surface area (Å²) < 4.78 is 11.6. The Balaban J connectivity index is 3.67. The maximum atomic E-state index is 14.8. The summed E-state index contributed by atoms with van der Waals surface area (Å²) in [6, 6.07) is -13.7. The van der Waals surface area contributed by atoms with Crippen molar-refractivity contribution in [3.8, 4) is 0 Å². The first-order chi connectivity index (χ1) is 42.9. The lowest BCUT2D eigenvalue weighted by atomic mass is 9.95. The molecule has 1 aliphatic heterocycles. The summed E-state index contributed by atoms with van der Waals surface area (Å²) in [5, 5.41) is 37.0. The Morgan fingerprint density at radius 2 is 0.925 bits per heavy atom. The molecule has 93 heavy (non-hydrogen) atoms. The van der Waals surface area contributed by atoms with E-state index in [4.69, 9.17) is 15.2 Å². The largest absolute Gasteiger partial charge is 0.480 e. The van der Waals surface area contributed by atoms with Crippen LogP contribution in [0, 0.1) is 41.4 Å². The van der Waals surface area contributed by atoms with Gasteiger partial charge in [0.15, 0.2) is 0 Å². The van der Waals surface area contributed by atoms with Gasteiger partial charge >= 0.3 is 12.1 Å². The number of amides is 11. The van der Waals surface area contributed by atoms with Gasteiger partial charge in [0, 0.05) is 25.6 Å². The summed E-state index contributed by atoms with van der Waals surface area (Å²) in [7, 11) is 0. The fraction of sp³-hybridized carbons (Fsp3) is 0.818. The van der Waals surface area contributed by atoms with E-state index < -0.39 is 179 Å². The molecule has 0 bridgehead atoms. The second kappa shape index (κ2) is 39.3. The van der Waals surface area contributed by atoms with Gasteiger partial charge < -0.3 is 78.4 Å². The number of likely N-dealkylation sites (tertiary alicyclic amines) is 1. The van der Waals surface area contributed by atoms with Gasteiger partial charge in [-0.3, -0.25) is 47.9 Å². The molecule has 0 aromatic rings. The molecule has 0 spiro atoms. The van der Waals surface area contributed by atoms with Crippen molar-refractivity contribution in [1.82, 2.24) is 58.1 Å². The van der Waals surface area contributed by atoms with Crippen molar-refractivity contribution in [2.75, 3.05) is 13.1 Å². The highest BCUT2D eigenvalue weighted by Crippen LogP contribution is 2.23. The number of carboxylic acids is 1. The number of hydrogen-bond acceptors (Lipinski definition) is 15. The van der Waals surface area contributed by atoms with Gasteiger partial charge in [-0.05, 0) is 129 Å². The van der Waals surface area contributed by atoms with Crippen molar-refractivity contribution in [3.63, 3.8) is 0 Å². The van der Waals surface area contributed by atoms with Gasteiger partial charge in [-0.15, -0.1) is 0 Å². The predicted octanol–water partition coefficient (Wildman–Crippen LogP) is 3.82. The molecule has 0 aromatic carbocycles. The highest BCUT2D eigenvalue weighted by atomic mass is 16.6. The molecule has 1 fully saturated rings. The highest BCUT2D eigenvalue weighted by molar-refractivity contribution is 5.99. The van der Waals surface area contributed by atoms with E-state index in [1.807, 2.05) is 13.8 Å². The van der Waals surface area contributed by atoms with Crippen molar-refractivity contribution in [1.29, 1.82) is 0 Å². The van der Waals surface area contributed by atoms with Crippen LogP contribution < -0.4 is 58.9 Å². The zero-order chi connectivity index (χ0) is 71.7. The summed E-state index contributed by atoms with van der Waals surface area (Å²) in [5.41, 5.74) is 4.71. The van der Waals surface area contributed by atoms with Gasteiger partial charge in [-0.25, -0.2) is 9.59 Å². The molecule has 15 atom stereocenters. The number of alkyl carbamates (subject to hydrolysis) is 1. The smallest absolute Gasteiger partial charge is 0.407 e. The quantitative estimate of drug-likeness (QED) is 0.0391. The number of nitrogens with two attached hydrogens (primary N) is 1. The lowest BCUT2D eigenvalue weighted by molar-refractivity contribution is -0.144. The summed E-state index contributed by atoms with van der Waals surface area (Å²) in [5.74, 6) is -11.0. The molecule has 0 aliphatic carbocycles. The summed E-state index contributed by atoms with van der Waals surface area (Å²) in [6.07, 6.45) is 1.34. The van der Waals surface area contributed by atoms with Crippen LogP contribution >= 0.6 is 0 Å². The van der Waals surface area contributed by atoms with E-state index in [0.717, 1.165) is 6.42 Å². The maximum absolute atomic E-state index is 14.8. The Bertz CT molecular complexity index is 2500. The van der Waals surface area contributed by atoms with E-state index in [-0.39, 0.29) is 50.6 Å². The normalized spacial score (nSPS) is 18.1. The first-order valence-electron chi connectivity index (χ1n) is 33.6. The van der Waals surface area contributed by atoms with Crippen LogP contribution in [0.5, 0.6) is 0 Å². The molecule has 13 N–H and O–H groups in total. The standard InChI is InChI=1S/C66H120N12O15/c1-23-38(12)30-31-45(79)70-46(34(4)5)56(82)77-53(42(16)92-65(17,18)19)61(87)71-47(35(6)7)57(83)72-48(36(8)9)62(88)78-33-27-29-44(78)55(81)69-43(28-26-32-68-64(91)93-66(20,21)22)54(80)74-50(39(13)24-2)59(85)76-52(41(15)67)60(86)75-51(40(14)25-3)58(84)73-49(37(10)11)63(89)90/h34-44,46-53H,23-33,67H2,1-22H3,(H,68,91)(H,69,81)(H,70,79)(H,71,87)(H,72,83)(H,73,84)(H,74,80)(H,75,86)(H,76,85)(H,77,82)(H,89,90)/t38-,39-,40-,41+,42+,43-,44+,46+,47-,48+,49-,50+,51+,52+,53-/m0/s1. The van der Waals surface area contributed by atoms with Gasteiger partial charge in [0.05, 0.1) is 11.7 Å². The van der Waals surface area contributed by atoms with E-state index in [1.165, 1.54) is 11.8 Å². The molecule has 1 rings (SSSR count). The minimum absolute atomic E-state index is 0.00322. The monoisotopic (exact) mass is 1320 g/mol. The Hall–Kier alpha value is -6.64. The SMILES string of the molecule is CC[C@H](C)CCC(=O)N[C@@H](C(=O)N[C@H](C(=O)N[C@H](C(=O)N[C@@H](C(=O)N1CCC[C@@H]1C(=O)N[C@@H](CCCNC(=O)OC(C)(C)C)C(=O)N[C@@H](C(=O)N[C@@H](C(=O)N[C@@H](C(=O)N[C@H](C(=O)O)C(C)C)[C@@H](C)CC)[C@@H](C)N)[C@@H](C)CC)C(C)C)C(C)C)[C@@H](C)OC(C)(C)C)C(C)C. The fourth-order valence-corrected chi connectivity index (χ4v) is 10.3. The number of carboxylic acid groups (broad SMARTS) is 1. The predicted molar refractivity (Wildman–Crippen MR) is 354 cm³/mol. The van der Waals surface area contributed by atoms with Crippen molar-refractivity contribution >= 4 is 71.1 Å². The Labute approximate surface area is 553 Å². The van der Waals surface area contributed by atoms with Crippen LogP contribution in [0.2, 0.25) is 0 Å². The molecule has 0 aromatic heterocycles. The van der Waals surface area contributed by atoms with Crippen LogP contribution in [-0.2, 0) is 62.2 Å². The first kappa shape index (κ1) is 84.4. The Morgan fingerprint density at radius 1 is 0.505 bits per heavy atom. The van der Waals surface area contributed by atoms with E-state index in [0.29, 0.717) is 31.6 Å². The van der Waals surface area contributed by atoms with Gasteiger partial charge in [-0.1, -0.05) is 116 Å². The van der Waals surface area contributed by atoms with Crippen LogP contribution in [0.3, 0.4) is 0 Å². The molecule has 27 heteroatoms. The Morgan fingerprint density at radius 3 is 1.38 bits per heavy atom. The molecule has 11 amide bonds. The van der Waals surface area contributed by atoms with E-state index in [1.54, 1.807) is 132 Å². The number of nitrogens with one attached hydrogen (secondary N) is 10. The molecule has 0 unspecified atom stereocenters. The zero-order valence-corrected chi connectivity index (χ0v) is 59.9. The Kier molecular flexibility index (Phi) is 35.6. The third kappa shape index (κ3) is 28.9. The van der Waals surface area contributed by atoms with Gasteiger partial charge in [0.1, 0.15) is 66.0 Å². The first-order valence-corrected chi connectivity index (χ1v) is 33.6. The lowest BCUT2D eigenvalue weighted by Crippen LogP contribution is -2.64. The summed E-state index contributed by atoms with van der Waals surface area (Å²) >= 11 is 0. The van der Waals surface area contributed by atoms with E-state index in [9.17, 15) is 62.6 Å². The lowest BCUT2D eigenvalue weighted by Gasteiger charge is -2.34. The van der Waals surface area contributed by atoms with E-state index in [2.05, 4.69) is 53.2 Å². The second-order valence-electron chi connectivity index (χ2n) is 28.7. The van der Waals surface area contributed by atoms with E-state index >= 15 is 0 Å². The topological polar surface area (TPSA) is 393 Å². The molecular weight excluding hydrogens is 1200 g/mol. The van der Waals surface area contributed by atoms with Gasteiger partial charge in [0.2, 0.25) is 59.1 Å². The van der Waals surface area contributed by atoms with Gasteiger partial charge in [-0.2, -0.15) is 0 Å². The number of rotatable bonds is 38. The number of carbonyl (C=O) groups excluding carboxylic acids is 11. The zero-order valence-electron chi connectivity index (χ0n) is 59.9. The molecule has 534 valence electrons. The van der Waals surface area contributed by atoms with Crippen molar-refractivity contribution in [3.05, 3.63) is 0 Å². The van der Waals surface area contributed by atoms with Crippen LogP contribution in [0.4, 0.5) is 4.79 Å². The van der Waals surface area contributed by atoms with Gasteiger partial charge in [0.25, 0.3) is 0 Å². The second-order valence-corrected chi connectivity index (χ2v) is 28.7. The highest BCUT2D eigenvalue weighted by Gasteiger charge is 2.43. The number of ether oxygens (including phenoxy) is 2. The van der Waals surface area contributed by atoms with Crippen LogP contribution in [-0.4, -0.2) is 178 Å². The minimum Gasteiger partial charge on any atom is -0.480 e. The number of carbonyl (C=O) groups is 12. The van der Waals surface area contributed by atoms with Crippen molar-refractivity contribution in [2.45, 2.75) is 294 Å².